The Bertz CT molecular complexity index is 772. The normalized spacial score (nSPS) is 36.2. The SMILES string of the molecule is CCOC(=N)c1cnc2c(c1NC1C3CC4CC1CC(O)(C4)C3)C=CC2. The first-order valence-corrected chi connectivity index (χ1v) is 9.95. The van der Waals surface area contributed by atoms with Gasteiger partial charge in [-0.15, -0.1) is 0 Å². The maximum atomic E-state index is 10.9. The fraction of sp³-hybridized carbons (Fsp3) is 0.619. The number of hydrogen-bond donors (Lipinski definition) is 3. The van der Waals surface area contributed by atoms with Crippen LogP contribution in [0, 0.1) is 23.2 Å². The molecule has 3 N–H and O–H groups in total. The van der Waals surface area contributed by atoms with Crippen LogP contribution in [-0.2, 0) is 11.2 Å². The van der Waals surface area contributed by atoms with E-state index < -0.39 is 5.60 Å². The molecule has 2 unspecified atom stereocenters. The number of allylic oxidation sites excluding steroid dienone is 1. The van der Waals surface area contributed by atoms with E-state index in [4.69, 9.17) is 10.1 Å². The second-order valence-corrected chi connectivity index (χ2v) is 8.64. The number of aliphatic hydroxyl groups is 1. The third-order valence-corrected chi connectivity index (χ3v) is 6.88. The molecule has 2 atom stereocenters. The van der Waals surface area contributed by atoms with Gasteiger partial charge in [-0.25, -0.2) is 0 Å². The first-order valence-electron chi connectivity index (χ1n) is 9.95. The van der Waals surface area contributed by atoms with Gasteiger partial charge in [0.25, 0.3) is 0 Å². The number of pyridine rings is 1. The highest BCUT2D eigenvalue weighted by molar-refractivity contribution is 5.99. The number of nitrogens with one attached hydrogen (secondary N) is 2. The monoisotopic (exact) mass is 353 g/mol. The van der Waals surface area contributed by atoms with Crippen LogP contribution in [0.5, 0.6) is 0 Å². The zero-order valence-corrected chi connectivity index (χ0v) is 15.3. The molecule has 5 heteroatoms. The average Bonchev–Trinajstić information content (AvgIpc) is 3.05. The third-order valence-electron chi connectivity index (χ3n) is 6.88. The van der Waals surface area contributed by atoms with E-state index in [9.17, 15) is 5.11 Å². The highest BCUT2D eigenvalue weighted by Gasteiger charge is 2.54. The van der Waals surface area contributed by atoms with Gasteiger partial charge in [0.15, 0.2) is 0 Å². The summed E-state index contributed by atoms with van der Waals surface area (Å²) in [6, 6.07) is 0.375. The van der Waals surface area contributed by atoms with Crippen molar-refractivity contribution in [3.8, 4) is 0 Å². The van der Waals surface area contributed by atoms with E-state index in [2.05, 4.69) is 22.5 Å². The number of hydrogen-bond acceptors (Lipinski definition) is 5. The average molecular weight is 353 g/mol. The molecule has 4 saturated carbocycles. The molecule has 5 nitrogen and oxygen atoms in total. The van der Waals surface area contributed by atoms with Gasteiger partial charge in [-0.1, -0.05) is 12.2 Å². The Morgan fingerprint density at radius 1 is 1.35 bits per heavy atom. The Balaban J connectivity index is 1.50. The van der Waals surface area contributed by atoms with E-state index >= 15 is 0 Å². The van der Waals surface area contributed by atoms with Gasteiger partial charge in [-0.05, 0) is 56.8 Å². The van der Waals surface area contributed by atoms with Gasteiger partial charge in [-0.3, -0.25) is 10.4 Å². The van der Waals surface area contributed by atoms with Gasteiger partial charge in [0.05, 0.1) is 29.2 Å². The Kier molecular flexibility index (Phi) is 3.64. The highest BCUT2D eigenvalue weighted by atomic mass is 16.5. The molecule has 1 heterocycles. The van der Waals surface area contributed by atoms with Crippen LogP contribution in [0.1, 0.15) is 55.8 Å². The Labute approximate surface area is 154 Å². The molecule has 6 rings (SSSR count). The molecular weight excluding hydrogens is 326 g/mol. The van der Waals surface area contributed by atoms with Crippen LogP contribution in [0.4, 0.5) is 5.69 Å². The number of ether oxygens (including phenoxy) is 1. The molecule has 0 radical (unpaired) electrons. The van der Waals surface area contributed by atoms with Crippen molar-refractivity contribution >= 4 is 17.7 Å². The van der Waals surface area contributed by atoms with Gasteiger partial charge in [0, 0.05) is 24.2 Å². The zero-order valence-electron chi connectivity index (χ0n) is 15.3. The van der Waals surface area contributed by atoms with Crippen molar-refractivity contribution < 1.29 is 9.84 Å². The fourth-order valence-corrected chi connectivity index (χ4v) is 6.13. The summed E-state index contributed by atoms with van der Waals surface area (Å²) in [5, 5.41) is 23.0. The Morgan fingerprint density at radius 3 is 2.81 bits per heavy atom. The lowest BCUT2D eigenvalue weighted by atomic mass is 9.52. The van der Waals surface area contributed by atoms with Crippen LogP contribution in [0.2, 0.25) is 0 Å². The number of anilines is 1. The van der Waals surface area contributed by atoms with Crippen molar-refractivity contribution in [3.63, 3.8) is 0 Å². The molecule has 26 heavy (non-hydrogen) atoms. The summed E-state index contributed by atoms with van der Waals surface area (Å²) in [4.78, 5) is 4.56. The standard InChI is InChI=1S/C21H27N3O2/c1-2-26-20(22)16-11-23-17-5-3-4-15(17)19(16)24-18-13-6-12-7-14(18)10-21(25,8-12)9-13/h3-4,11-14,18,22,25H,2,5-10H2,1H3,(H,23,24). The molecule has 0 saturated heterocycles. The zero-order chi connectivity index (χ0) is 17.9. The first-order chi connectivity index (χ1) is 12.6. The summed E-state index contributed by atoms with van der Waals surface area (Å²) < 4.78 is 5.49. The van der Waals surface area contributed by atoms with Crippen LogP contribution < -0.4 is 5.32 Å². The predicted molar refractivity (Wildman–Crippen MR) is 101 cm³/mol. The second-order valence-electron chi connectivity index (χ2n) is 8.64. The smallest absolute Gasteiger partial charge is 0.216 e. The lowest BCUT2D eigenvalue weighted by molar-refractivity contribution is -0.129. The summed E-state index contributed by atoms with van der Waals surface area (Å²) in [5.41, 5.74) is 3.52. The topological polar surface area (TPSA) is 78.2 Å². The van der Waals surface area contributed by atoms with Gasteiger partial charge in [-0.2, -0.15) is 0 Å². The second kappa shape index (κ2) is 5.81. The minimum atomic E-state index is -0.421. The quantitative estimate of drug-likeness (QED) is 0.573. The van der Waals surface area contributed by atoms with Crippen LogP contribution in [-0.4, -0.2) is 34.2 Å². The lowest BCUT2D eigenvalue weighted by Gasteiger charge is -2.58. The maximum Gasteiger partial charge on any atom is 0.216 e. The summed E-state index contributed by atoms with van der Waals surface area (Å²) in [6.45, 7) is 2.38. The van der Waals surface area contributed by atoms with E-state index in [-0.39, 0.29) is 5.90 Å². The number of rotatable bonds is 4. The van der Waals surface area contributed by atoms with Crippen molar-refractivity contribution in [1.29, 1.82) is 5.41 Å². The third kappa shape index (κ3) is 2.48. The number of aromatic nitrogens is 1. The molecule has 4 fully saturated rings. The fourth-order valence-electron chi connectivity index (χ4n) is 6.13. The molecule has 5 aliphatic carbocycles. The molecule has 138 valence electrons. The van der Waals surface area contributed by atoms with E-state index in [0.717, 1.165) is 48.2 Å². The maximum absolute atomic E-state index is 10.9. The minimum absolute atomic E-state index is 0.188. The lowest BCUT2D eigenvalue weighted by Crippen LogP contribution is -2.59. The molecule has 0 aliphatic heterocycles. The van der Waals surface area contributed by atoms with Crippen molar-refractivity contribution in [2.75, 3.05) is 11.9 Å². The summed E-state index contributed by atoms with van der Waals surface area (Å²) >= 11 is 0. The first kappa shape index (κ1) is 16.3. The number of fused-ring (bicyclic) bond motifs is 1. The molecule has 0 spiro atoms. The van der Waals surface area contributed by atoms with Crippen LogP contribution in [0.25, 0.3) is 6.08 Å². The summed E-state index contributed by atoms with van der Waals surface area (Å²) in [5.74, 6) is 1.93. The molecule has 0 aromatic carbocycles. The molecular formula is C21H27N3O2. The van der Waals surface area contributed by atoms with E-state index in [1.165, 1.54) is 12.8 Å². The summed E-state index contributed by atoms with van der Waals surface area (Å²) in [7, 11) is 0. The molecule has 4 bridgehead atoms. The van der Waals surface area contributed by atoms with E-state index in [1.807, 2.05) is 6.92 Å². The Hall–Kier alpha value is -1.88. The number of nitrogens with zero attached hydrogens (tertiary/aromatic N) is 1. The van der Waals surface area contributed by atoms with E-state index in [0.29, 0.717) is 30.4 Å². The summed E-state index contributed by atoms with van der Waals surface area (Å²) in [6.07, 6.45) is 12.2. The molecule has 1 aromatic rings. The van der Waals surface area contributed by atoms with Crippen molar-refractivity contribution in [3.05, 3.63) is 29.1 Å². The molecule has 5 aliphatic rings. The largest absolute Gasteiger partial charge is 0.478 e. The molecule has 1 aromatic heterocycles. The van der Waals surface area contributed by atoms with Crippen molar-refractivity contribution in [2.45, 2.75) is 57.1 Å². The van der Waals surface area contributed by atoms with Gasteiger partial charge in [0.2, 0.25) is 5.90 Å². The van der Waals surface area contributed by atoms with Crippen molar-refractivity contribution in [1.82, 2.24) is 4.98 Å². The van der Waals surface area contributed by atoms with Crippen LogP contribution in [0.3, 0.4) is 0 Å². The van der Waals surface area contributed by atoms with Crippen molar-refractivity contribution in [2.24, 2.45) is 17.8 Å². The highest BCUT2D eigenvalue weighted by Crippen LogP contribution is 2.56. The van der Waals surface area contributed by atoms with Gasteiger partial charge >= 0.3 is 0 Å². The van der Waals surface area contributed by atoms with Crippen LogP contribution >= 0.6 is 0 Å². The minimum Gasteiger partial charge on any atom is -0.478 e. The predicted octanol–water partition coefficient (Wildman–Crippen LogP) is 3.36. The van der Waals surface area contributed by atoms with Crippen LogP contribution in [0.15, 0.2) is 12.3 Å². The van der Waals surface area contributed by atoms with E-state index in [1.54, 1.807) is 6.20 Å². The van der Waals surface area contributed by atoms with Gasteiger partial charge in [0.1, 0.15) is 0 Å². The molecule has 0 amide bonds. The Morgan fingerprint density at radius 2 is 2.12 bits per heavy atom. The van der Waals surface area contributed by atoms with Gasteiger partial charge < -0.3 is 15.2 Å².